The van der Waals surface area contributed by atoms with Crippen molar-refractivity contribution in [2.24, 2.45) is 0 Å². The largest absolute Gasteiger partial charge is 0.497 e. The number of nitrogens with zero attached hydrogens (tertiary/aromatic N) is 3. The molecular weight excluding hydrogens is 494 g/mol. The van der Waals surface area contributed by atoms with Crippen molar-refractivity contribution in [3.63, 3.8) is 0 Å². The number of benzene rings is 2. The highest BCUT2D eigenvalue weighted by Crippen LogP contribution is 2.25. The van der Waals surface area contributed by atoms with Crippen LogP contribution in [0.15, 0.2) is 71.2 Å². The summed E-state index contributed by atoms with van der Waals surface area (Å²) in [6, 6.07) is 17.9. The third-order valence-electron chi connectivity index (χ3n) is 4.62. The van der Waals surface area contributed by atoms with E-state index in [1.165, 1.54) is 23.1 Å². The first-order valence-corrected chi connectivity index (χ1v) is 12.4. The molecule has 2 aromatic heterocycles. The monoisotopic (exact) mass is 513 g/mol. The van der Waals surface area contributed by atoms with Gasteiger partial charge in [0.15, 0.2) is 11.0 Å². The van der Waals surface area contributed by atoms with Gasteiger partial charge in [-0.3, -0.25) is 14.2 Å². The number of thioether (sulfide) groups is 1. The molecule has 0 saturated carbocycles. The first-order valence-electron chi connectivity index (χ1n) is 10.1. The molecule has 4 rings (SSSR count). The van der Waals surface area contributed by atoms with E-state index in [0.29, 0.717) is 32.3 Å². The van der Waals surface area contributed by atoms with Crippen molar-refractivity contribution in [1.82, 2.24) is 20.1 Å². The van der Waals surface area contributed by atoms with Gasteiger partial charge in [-0.05, 0) is 53.9 Å². The number of amides is 2. The molecule has 0 aliphatic heterocycles. The smallest absolute Gasteiger partial charge is 0.261 e. The van der Waals surface area contributed by atoms with E-state index in [1.807, 2.05) is 23.6 Å². The number of thiophene rings is 1. The molecule has 0 atom stereocenters. The normalized spacial score (nSPS) is 10.6. The molecule has 0 radical (unpaired) electrons. The van der Waals surface area contributed by atoms with Crippen molar-refractivity contribution in [2.45, 2.75) is 11.7 Å². The van der Waals surface area contributed by atoms with Gasteiger partial charge in [-0.15, -0.1) is 21.5 Å². The Kier molecular flexibility index (Phi) is 7.84. The summed E-state index contributed by atoms with van der Waals surface area (Å²) >= 11 is 8.79. The molecular formula is C23H20ClN5O3S2. The number of rotatable bonds is 9. The fourth-order valence-corrected chi connectivity index (χ4v) is 4.63. The first-order chi connectivity index (χ1) is 16.5. The Morgan fingerprint density at radius 1 is 1.12 bits per heavy atom. The Balaban J connectivity index is 1.48. The molecule has 0 saturated heterocycles. The van der Waals surface area contributed by atoms with E-state index in [0.717, 1.165) is 5.69 Å². The molecule has 11 heteroatoms. The van der Waals surface area contributed by atoms with Crippen LogP contribution in [0.4, 0.5) is 5.69 Å². The second-order valence-corrected chi connectivity index (χ2v) is 9.27. The van der Waals surface area contributed by atoms with E-state index in [4.69, 9.17) is 16.3 Å². The molecule has 0 bridgehead atoms. The van der Waals surface area contributed by atoms with Gasteiger partial charge in [-0.1, -0.05) is 35.5 Å². The van der Waals surface area contributed by atoms with Gasteiger partial charge in [0, 0.05) is 10.7 Å². The van der Waals surface area contributed by atoms with E-state index in [9.17, 15) is 9.59 Å². The molecule has 2 N–H and O–H groups in total. The maximum Gasteiger partial charge on any atom is 0.261 e. The summed E-state index contributed by atoms with van der Waals surface area (Å²) in [5.74, 6) is 0.963. The minimum Gasteiger partial charge on any atom is -0.497 e. The molecule has 174 valence electrons. The molecule has 0 aliphatic carbocycles. The number of anilines is 1. The zero-order valence-electron chi connectivity index (χ0n) is 18.0. The number of hydrogen-bond acceptors (Lipinski definition) is 7. The summed E-state index contributed by atoms with van der Waals surface area (Å²) in [6.07, 6.45) is 0. The molecule has 34 heavy (non-hydrogen) atoms. The molecule has 0 spiro atoms. The van der Waals surface area contributed by atoms with Crippen molar-refractivity contribution in [3.05, 3.63) is 81.8 Å². The van der Waals surface area contributed by atoms with Crippen molar-refractivity contribution in [2.75, 3.05) is 18.2 Å². The van der Waals surface area contributed by atoms with Crippen LogP contribution in [0.5, 0.6) is 5.75 Å². The lowest BCUT2D eigenvalue weighted by atomic mass is 10.3. The summed E-state index contributed by atoms with van der Waals surface area (Å²) < 4.78 is 6.91. The highest BCUT2D eigenvalue weighted by Gasteiger charge is 2.17. The average molecular weight is 514 g/mol. The van der Waals surface area contributed by atoms with Crippen molar-refractivity contribution in [3.8, 4) is 11.4 Å². The Morgan fingerprint density at radius 3 is 2.65 bits per heavy atom. The third-order valence-corrected chi connectivity index (χ3v) is 6.66. The molecule has 8 nitrogen and oxygen atoms in total. The van der Waals surface area contributed by atoms with Crippen LogP contribution >= 0.6 is 34.7 Å². The van der Waals surface area contributed by atoms with Crippen LogP contribution in [0.2, 0.25) is 5.02 Å². The number of ether oxygens (including phenoxy) is 1. The first kappa shape index (κ1) is 23.8. The third kappa shape index (κ3) is 5.96. The lowest BCUT2D eigenvalue weighted by Gasteiger charge is -2.11. The topological polar surface area (TPSA) is 98.1 Å². The maximum absolute atomic E-state index is 12.5. The second-order valence-electron chi connectivity index (χ2n) is 6.94. The zero-order valence-corrected chi connectivity index (χ0v) is 20.4. The van der Waals surface area contributed by atoms with Crippen molar-refractivity contribution < 1.29 is 14.3 Å². The van der Waals surface area contributed by atoms with Gasteiger partial charge in [0.25, 0.3) is 5.91 Å². The minimum absolute atomic E-state index is 0.117. The van der Waals surface area contributed by atoms with E-state index < -0.39 is 0 Å². The van der Waals surface area contributed by atoms with Gasteiger partial charge in [-0.25, -0.2) is 0 Å². The zero-order chi connectivity index (χ0) is 23.9. The lowest BCUT2D eigenvalue weighted by Crippen LogP contribution is -2.24. The van der Waals surface area contributed by atoms with Crippen LogP contribution in [-0.2, 0) is 11.3 Å². The summed E-state index contributed by atoms with van der Waals surface area (Å²) in [5.41, 5.74) is 1.40. The fraction of sp³-hybridized carbons (Fsp3) is 0.130. The Bertz CT molecular complexity index is 1280. The standard InChI is InChI=1S/C23H20ClN5O3S2/c1-32-18-9-7-16(8-10-18)26-21(30)14-34-23-28-27-20(13-25-22(31)19-6-3-11-33-19)29(23)17-5-2-4-15(24)12-17/h2-12H,13-14H2,1H3,(H,25,31)(H,26,30). The number of carbonyl (C=O) groups excluding carboxylic acids is 2. The van der Waals surface area contributed by atoms with Crippen LogP contribution in [-0.4, -0.2) is 39.4 Å². The van der Waals surface area contributed by atoms with Gasteiger partial charge < -0.3 is 15.4 Å². The van der Waals surface area contributed by atoms with Crippen molar-refractivity contribution in [1.29, 1.82) is 0 Å². The lowest BCUT2D eigenvalue weighted by molar-refractivity contribution is -0.113. The Labute approximate surface area is 209 Å². The predicted octanol–water partition coefficient (Wildman–Crippen LogP) is 4.65. The molecule has 2 heterocycles. The number of hydrogen-bond donors (Lipinski definition) is 2. The van der Waals surface area contributed by atoms with Crippen LogP contribution in [0.1, 0.15) is 15.5 Å². The maximum atomic E-state index is 12.5. The van der Waals surface area contributed by atoms with Gasteiger partial charge in [-0.2, -0.15) is 0 Å². The van der Waals surface area contributed by atoms with Gasteiger partial charge in [0.1, 0.15) is 5.75 Å². The van der Waals surface area contributed by atoms with E-state index in [1.54, 1.807) is 54.1 Å². The van der Waals surface area contributed by atoms with Crippen molar-refractivity contribution >= 4 is 52.2 Å². The highest BCUT2D eigenvalue weighted by molar-refractivity contribution is 7.99. The molecule has 0 fully saturated rings. The molecule has 0 unspecified atom stereocenters. The number of aromatic nitrogens is 3. The Hall–Kier alpha value is -3.34. The van der Waals surface area contributed by atoms with Gasteiger partial charge in [0.05, 0.1) is 30.0 Å². The van der Waals surface area contributed by atoms with E-state index in [-0.39, 0.29) is 24.1 Å². The van der Waals surface area contributed by atoms with Gasteiger partial charge in [0.2, 0.25) is 5.91 Å². The van der Waals surface area contributed by atoms with Crippen LogP contribution in [0.3, 0.4) is 0 Å². The number of halogens is 1. The summed E-state index contributed by atoms with van der Waals surface area (Å²) in [7, 11) is 1.59. The van der Waals surface area contributed by atoms with Gasteiger partial charge >= 0.3 is 0 Å². The predicted molar refractivity (Wildman–Crippen MR) is 134 cm³/mol. The fourth-order valence-electron chi connectivity index (χ4n) is 3.04. The highest BCUT2D eigenvalue weighted by atomic mass is 35.5. The Morgan fingerprint density at radius 2 is 1.94 bits per heavy atom. The summed E-state index contributed by atoms with van der Waals surface area (Å²) in [6.45, 7) is 0.162. The summed E-state index contributed by atoms with van der Waals surface area (Å²) in [4.78, 5) is 25.5. The number of nitrogens with one attached hydrogen (secondary N) is 2. The second kappa shape index (κ2) is 11.2. The van der Waals surface area contributed by atoms with Crippen LogP contribution in [0, 0.1) is 0 Å². The molecule has 2 amide bonds. The number of methoxy groups -OCH3 is 1. The quantitative estimate of drug-likeness (QED) is 0.316. The summed E-state index contributed by atoms with van der Waals surface area (Å²) in [5, 5.41) is 17.1. The van der Waals surface area contributed by atoms with E-state index in [2.05, 4.69) is 20.8 Å². The molecule has 0 aliphatic rings. The van der Waals surface area contributed by atoms with Crippen LogP contribution in [0.25, 0.3) is 5.69 Å². The number of carbonyl (C=O) groups is 2. The molecule has 4 aromatic rings. The van der Waals surface area contributed by atoms with E-state index >= 15 is 0 Å². The average Bonchev–Trinajstić information content (AvgIpc) is 3.52. The SMILES string of the molecule is COc1ccc(NC(=O)CSc2nnc(CNC(=O)c3cccs3)n2-c2cccc(Cl)c2)cc1. The molecule has 2 aromatic carbocycles. The minimum atomic E-state index is -0.191. The van der Waals surface area contributed by atoms with Crippen LogP contribution < -0.4 is 15.4 Å².